The summed E-state index contributed by atoms with van der Waals surface area (Å²) < 4.78 is 10.7. The molecule has 0 saturated carbocycles. The molecule has 2 rings (SSSR count). The smallest absolute Gasteiger partial charge is 0.329 e. The van der Waals surface area contributed by atoms with Crippen molar-refractivity contribution >= 4 is 17.9 Å². The molecular formula is C15H23N3O4. The second-order valence-electron chi connectivity index (χ2n) is 6.46. The lowest BCUT2D eigenvalue weighted by atomic mass is 9.92. The number of amides is 2. The van der Waals surface area contributed by atoms with Crippen LogP contribution in [0, 0.1) is 0 Å². The first-order valence-corrected chi connectivity index (χ1v) is 7.45. The van der Waals surface area contributed by atoms with Crippen LogP contribution in [0.25, 0.3) is 0 Å². The van der Waals surface area contributed by atoms with E-state index in [9.17, 15) is 9.59 Å². The number of ether oxygens (including phenoxy) is 1. The van der Waals surface area contributed by atoms with Crippen LogP contribution in [0.1, 0.15) is 46.2 Å². The molecule has 0 N–H and O–H groups in total. The van der Waals surface area contributed by atoms with Crippen LogP contribution in [0.2, 0.25) is 0 Å². The average Bonchev–Trinajstić information content (AvgIpc) is 2.92. The van der Waals surface area contributed by atoms with E-state index in [0.717, 1.165) is 5.69 Å². The number of nitrogens with zero attached hydrogens (tertiary/aromatic N) is 3. The third kappa shape index (κ3) is 3.23. The highest BCUT2D eigenvalue weighted by molar-refractivity contribution is 5.92. The van der Waals surface area contributed by atoms with Crippen LogP contribution >= 0.6 is 0 Å². The number of aromatic nitrogens is 1. The van der Waals surface area contributed by atoms with Gasteiger partial charge in [-0.2, -0.15) is 0 Å². The molecule has 1 aliphatic rings. The molecule has 0 aromatic carbocycles. The van der Waals surface area contributed by atoms with E-state index in [1.807, 2.05) is 20.8 Å². The summed E-state index contributed by atoms with van der Waals surface area (Å²) in [5.41, 5.74) is 0.548. The van der Waals surface area contributed by atoms with E-state index in [2.05, 4.69) is 5.16 Å². The molecule has 1 saturated heterocycles. The van der Waals surface area contributed by atoms with Crippen LogP contribution in [0.4, 0.5) is 10.7 Å². The normalized spacial score (nSPS) is 19.5. The highest BCUT2D eigenvalue weighted by atomic mass is 16.6. The van der Waals surface area contributed by atoms with Gasteiger partial charge in [-0.05, 0) is 0 Å². The minimum atomic E-state index is -0.656. The van der Waals surface area contributed by atoms with Gasteiger partial charge in [0.25, 0.3) is 0 Å². The number of carbonyl (C=O) groups excluding carboxylic acids is 2. The van der Waals surface area contributed by atoms with Crippen molar-refractivity contribution in [2.75, 3.05) is 18.5 Å². The summed E-state index contributed by atoms with van der Waals surface area (Å²) in [4.78, 5) is 27.0. The van der Waals surface area contributed by atoms with Crippen molar-refractivity contribution in [1.82, 2.24) is 10.1 Å². The van der Waals surface area contributed by atoms with Crippen LogP contribution in [0.3, 0.4) is 0 Å². The van der Waals surface area contributed by atoms with E-state index >= 15 is 0 Å². The highest BCUT2D eigenvalue weighted by Crippen LogP contribution is 2.30. The molecule has 1 aromatic heterocycles. The summed E-state index contributed by atoms with van der Waals surface area (Å²) >= 11 is 0. The standard InChI is InChI=1S/C15H23N3O4/c1-6-13(19)21-11-7-8-17(5)14(20)18(11)12-9-10(16-22-12)15(2,3)4/h9,11H,6-8H2,1-5H3. The molecule has 7 nitrogen and oxygen atoms in total. The zero-order valence-electron chi connectivity index (χ0n) is 13.8. The number of rotatable bonds is 3. The fourth-order valence-electron chi connectivity index (χ4n) is 2.15. The highest BCUT2D eigenvalue weighted by Gasteiger charge is 2.38. The maximum absolute atomic E-state index is 12.4. The second-order valence-corrected chi connectivity index (χ2v) is 6.46. The Kier molecular flexibility index (Phi) is 4.44. The van der Waals surface area contributed by atoms with Gasteiger partial charge in [-0.3, -0.25) is 4.79 Å². The fraction of sp³-hybridized carbons (Fsp3) is 0.667. The Bertz CT molecular complexity index is 561. The zero-order chi connectivity index (χ0) is 16.5. The molecule has 22 heavy (non-hydrogen) atoms. The van der Waals surface area contributed by atoms with Crippen LogP contribution in [0.15, 0.2) is 10.6 Å². The van der Waals surface area contributed by atoms with Crippen LogP contribution in [-0.4, -0.2) is 41.9 Å². The van der Waals surface area contributed by atoms with Crippen LogP contribution in [0.5, 0.6) is 0 Å². The lowest BCUT2D eigenvalue weighted by Crippen LogP contribution is -2.54. The van der Waals surface area contributed by atoms with Gasteiger partial charge in [0.2, 0.25) is 5.88 Å². The number of anilines is 1. The minimum absolute atomic E-state index is 0.192. The molecule has 0 bridgehead atoms. The fourth-order valence-corrected chi connectivity index (χ4v) is 2.15. The Morgan fingerprint density at radius 2 is 2.18 bits per heavy atom. The Hall–Kier alpha value is -2.05. The predicted molar refractivity (Wildman–Crippen MR) is 80.5 cm³/mol. The molecule has 0 spiro atoms. The van der Waals surface area contributed by atoms with E-state index in [1.165, 1.54) is 4.90 Å². The van der Waals surface area contributed by atoms with E-state index in [1.54, 1.807) is 24.9 Å². The molecule has 7 heteroatoms. The molecule has 2 heterocycles. The zero-order valence-corrected chi connectivity index (χ0v) is 13.8. The molecule has 2 amide bonds. The van der Waals surface area contributed by atoms with Gasteiger partial charge in [0, 0.05) is 37.9 Å². The third-order valence-corrected chi connectivity index (χ3v) is 3.59. The maximum Gasteiger partial charge on any atom is 0.329 e. The van der Waals surface area contributed by atoms with Gasteiger partial charge in [-0.25, -0.2) is 9.69 Å². The summed E-state index contributed by atoms with van der Waals surface area (Å²) in [5.74, 6) is -0.0432. The van der Waals surface area contributed by atoms with Crippen molar-refractivity contribution in [3.63, 3.8) is 0 Å². The van der Waals surface area contributed by atoms with Gasteiger partial charge in [0.05, 0.1) is 5.69 Å². The number of hydrogen-bond acceptors (Lipinski definition) is 5. The van der Waals surface area contributed by atoms with Crippen LogP contribution < -0.4 is 4.90 Å². The largest absolute Gasteiger partial charge is 0.441 e. The minimum Gasteiger partial charge on any atom is -0.441 e. The Balaban J connectivity index is 2.30. The van der Waals surface area contributed by atoms with E-state index in [0.29, 0.717) is 18.8 Å². The number of esters is 1. The van der Waals surface area contributed by atoms with E-state index in [-0.39, 0.29) is 23.8 Å². The van der Waals surface area contributed by atoms with E-state index < -0.39 is 6.23 Å². The van der Waals surface area contributed by atoms with Gasteiger partial charge in [-0.1, -0.05) is 32.9 Å². The monoisotopic (exact) mass is 309 g/mol. The molecule has 1 aromatic rings. The summed E-state index contributed by atoms with van der Waals surface area (Å²) in [6.07, 6.45) is 0.134. The molecule has 1 atom stereocenters. The first-order chi connectivity index (χ1) is 10.2. The van der Waals surface area contributed by atoms with Gasteiger partial charge in [0.1, 0.15) is 0 Å². The molecule has 0 radical (unpaired) electrons. The van der Waals surface area contributed by atoms with Gasteiger partial charge >= 0.3 is 12.0 Å². The quantitative estimate of drug-likeness (QED) is 0.802. The predicted octanol–water partition coefficient (Wildman–Crippen LogP) is 2.51. The number of hydrogen-bond donors (Lipinski definition) is 0. The number of urea groups is 1. The summed E-state index contributed by atoms with van der Waals surface area (Å²) in [7, 11) is 1.70. The topological polar surface area (TPSA) is 75.9 Å². The maximum atomic E-state index is 12.4. The van der Waals surface area contributed by atoms with Gasteiger partial charge in [0.15, 0.2) is 6.23 Å². The molecular weight excluding hydrogens is 286 g/mol. The lowest BCUT2D eigenvalue weighted by molar-refractivity contribution is -0.149. The van der Waals surface area contributed by atoms with Crippen LogP contribution in [-0.2, 0) is 14.9 Å². The van der Waals surface area contributed by atoms with Gasteiger partial charge < -0.3 is 14.2 Å². The molecule has 1 aliphatic heterocycles. The van der Waals surface area contributed by atoms with Crippen molar-refractivity contribution in [1.29, 1.82) is 0 Å². The lowest BCUT2D eigenvalue weighted by Gasteiger charge is -2.37. The van der Waals surface area contributed by atoms with Crippen molar-refractivity contribution in [2.45, 2.75) is 52.2 Å². The molecule has 1 fully saturated rings. The third-order valence-electron chi connectivity index (χ3n) is 3.59. The Morgan fingerprint density at radius 3 is 2.73 bits per heavy atom. The summed E-state index contributed by atoms with van der Waals surface area (Å²) in [6, 6.07) is 1.46. The molecule has 1 unspecified atom stereocenters. The Labute approximate surface area is 130 Å². The first-order valence-electron chi connectivity index (χ1n) is 7.45. The summed E-state index contributed by atoms with van der Waals surface area (Å²) in [6.45, 7) is 8.26. The van der Waals surface area contributed by atoms with E-state index in [4.69, 9.17) is 9.26 Å². The molecule has 0 aliphatic carbocycles. The summed E-state index contributed by atoms with van der Waals surface area (Å²) in [5, 5.41) is 4.03. The SMILES string of the molecule is CCC(=O)OC1CCN(C)C(=O)N1c1cc(C(C)(C)C)no1. The Morgan fingerprint density at radius 1 is 1.50 bits per heavy atom. The molecule has 122 valence electrons. The number of carbonyl (C=O) groups is 2. The van der Waals surface area contributed by atoms with Crippen molar-refractivity contribution in [2.24, 2.45) is 0 Å². The van der Waals surface area contributed by atoms with Crippen molar-refractivity contribution in [3.05, 3.63) is 11.8 Å². The van der Waals surface area contributed by atoms with Crippen molar-refractivity contribution in [3.8, 4) is 0 Å². The second kappa shape index (κ2) is 5.98. The van der Waals surface area contributed by atoms with Crippen molar-refractivity contribution < 1.29 is 18.8 Å². The first kappa shape index (κ1) is 16.3. The average molecular weight is 309 g/mol. The van der Waals surface area contributed by atoms with Gasteiger partial charge in [-0.15, -0.1) is 0 Å².